The molecule has 1 aliphatic rings. The molecule has 1 saturated heterocycles. The van der Waals surface area contributed by atoms with E-state index in [9.17, 15) is 21.4 Å². The molecule has 132 valence electrons. The van der Waals surface area contributed by atoms with Crippen molar-refractivity contribution in [2.45, 2.75) is 12.6 Å². The molecule has 10 heteroatoms. The van der Waals surface area contributed by atoms with Gasteiger partial charge in [-0.15, -0.1) is 0 Å². The van der Waals surface area contributed by atoms with Gasteiger partial charge in [0.15, 0.2) is 6.10 Å². The number of hydrogen-bond acceptors (Lipinski definition) is 7. The van der Waals surface area contributed by atoms with Crippen LogP contribution in [0.2, 0.25) is 0 Å². The minimum Gasteiger partial charge on any atom is -0.726 e. The van der Waals surface area contributed by atoms with Crippen molar-refractivity contribution in [3.8, 4) is 0 Å². The molecule has 0 amide bonds. The molecule has 23 heavy (non-hydrogen) atoms. The first-order chi connectivity index (χ1) is 10.4. The highest BCUT2D eigenvalue weighted by Crippen LogP contribution is 2.24. The molecule has 1 heterocycles. The summed E-state index contributed by atoms with van der Waals surface area (Å²) in [5.41, 5.74) is 1.27. The van der Waals surface area contributed by atoms with Crippen LogP contribution in [0.4, 0.5) is 0 Å². The number of benzene rings is 1. The second kappa shape index (κ2) is 7.69. The summed E-state index contributed by atoms with van der Waals surface area (Å²) in [6.07, 6.45) is 0.950. The molecule has 0 saturated carbocycles. The van der Waals surface area contributed by atoms with Crippen LogP contribution in [0.1, 0.15) is 5.56 Å². The van der Waals surface area contributed by atoms with Gasteiger partial charge in [0.25, 0.3) is 10.1 Å². The van der Waals surface area contributed by atoms with Crippen molar-refractivity contribution in [2.24, 2.45) is 0 Å². The molecule has 1 aromatic rings. The van der Waals surface area contributed by atoms with Crippen LogP contribution in [0.15, 0.2) is 30.3 Å². The fraction of sp³-hybridized carbons (Fsp3) is 0.538. The van der Waals surface area contributed by atoms with Gasteiger partial charge < -0.3 is 9.04 Å². The van der Waals surface area contributed by atoms with Crippen LogP contribution in [0.3, 0.4) is 0 Å². The Morgan fingerprint density at radius 2 is 1.65 bits per heavy atom. The monoisotopic (exact) mass is 367 g/mol. The molecule has 0 radical (unpaired) electrons. The molecule has 8 nitrogen and oxygen atoms in total. The summed E-state index contributed by atoms with van der Waals surface area (Å²) in [7, 11) is -4.80. The Bertz CT molecular complexity index is 695. The van der Waals surface area contributed by atoms with E-state index in [1.807, 2.05) is 18.2 Å². The third kappa shape index (κ3) is 8.39. The first-order valence-corrected chi connectivity index (χ1v) is 9.85. The van der Waals surface area contributed by atoms with Gasteiger partial charge in [0.2, 0.25) is 10.4 Å². The first-order valence-electron chi connectivity index (χ1n) is 6.70. The van der Waals surface area contributed by atoms with Crippen LogP contribution < -0.4 is 0 Å². The lowest BCUT2D eigenvalue weighted by Gasteiger charge is -2.46. The molecule has 0 aromatic heterocycles. The van der Waals surface area contributed by atoms with E-state index < -0.39 is 20.5 Å². The largest absolute Gasteiger partial charge is 0.726 e. The van der Waals surface area contributed by atoms with Crippen molar-refractivity contribution in [1.82, 2.24) is 0 Å². The molecule has 1 aliphatic heterocycles. The van der Waals surface area contributed by atoms with Gasteiger partial charge in [-0.3, -0.25) is 8.37 Å². The Morgan fingerprint density at radius 3 is 2.04 bits per heavy atom. The van der Waals surface area contributed by atoms with Gasteiger partial charge in [-0.05, 0) is 0 Å². The van der Waals surface area contributed by atoms with E-state index in [1.165, 1.54) is 5.56 Å². The first kappa shape index (κ1) is 20.0. The lowest BCUT2D eigenvalue weighted by atomic mass is 10.1. The summed E-state index contributed by atoms with van der Waals surface area (Å²) >= 11 is 0. The van der Waals surface area contributed by atoms with Gasteiger partial charge >= 0.3 is 0 Å². The van der Waals surface area contributed by atoms with E-state index in [2.05, 4.69) is 23.4 Å². The predicted octanol–water partition coefficient (Wildman–Crippen LogP) is 0.0846. The Labute approximate surface area is 137 Å². The van der Waals surface area contributed by atoms with Crippen molar-refractivity contribution in [2.75, 3.05) is 33.5 Å². The molecule has 0 spiro atoms. The standard InChI is InChI=1S/C12H18NO3S.CH4O4S/c1-13(8-11-6-4-3-5-7-11)9-12(10-13)16-17(2,14)15;1-5-6(2,3)4/h3-7,12H,8-10H2,1-2H3;1H3,(H,2,3,4)/q+1;/p-1. The molecule has 0 unspecified atom stereocenters. The normalized spacial score (nSPS) is 24.3. The van der Waals surface area contributed by atoms with Gasteiger partial charge in [-0.25, -0.2) is 8.42 Å². The Hall–Kier alpha value is -1.04. The molecule has 2 rings (SSSR count). The summed E-state index contributed by atoms with van der Waals surface area (Å²) < 4.78 is 58.8. The van der Waals surface area contributed by atoms with Gasteiger partial charge in [0.1, 0.15) is 19.6 Å². The molecule has 0 atom stereocenters. The zero-order chi connectivity index (χ0) is 17.7. The molecular weight excluding hydrogens is 346 g/mol. The number of quaternary nitrogens is 1. The third-order valence-corrected chi connectivity index (χ3v) is 4.24. The smallest absolute Gasteiger partial charge is 0.265 e. The van der Waals surface area contributed by atoms with Crippen LogP contribution >= 0.6 is 0 Å². The lowest BCUT2D eigenvalue weighted by Crippen LogP contribution is -2.64. The van der Waals surface area contributed by atoms with Crippen LogP contribution in [0.5, 0.6) is 0 Å². The second-order valence-corrected chi connectivity index (χ2v) is 8.38. The van der Waals surface area contributed by atoms with E-state index in [0.717, 1.165) is 37.5 Å². The summed E-state index contributed by atoms with van der Waals surface area (Å²) in [6, 6.07) is 10.2. The van der Waals surface area contributed by atoms with E-state index in [4.69, 9.17) is 4.18 Å². The highest BCUT2D eigenvalue weighted by atomic mass is 32.3. The Morgan fingerprint density at radius 1 is 1.17 bits per heavy atom. The average Bonchev–Trinajstić information content (AvgIpc) is 2.36. The fourth-order valence-electron chi connectivity index (χ4n) is 2.39. The van der Waals surface area contributed by atoms with E-state index in [0.29, 0.717) is 0 Å². The molecule has 0 aliphatic carbocycles. The molecule has 1 aromatic carbocycles. The highest BCUT2D eigenvalue weighted by Gasteiger charge is 2.43. The maximum Gasteiger partial charge on any atom is 0.265 e. The topological polar surface area (TPSA) is 110 Å². The fourth-order valence-corrected chi connectivity index (χ4v) is 3.01. The second-order valence-electron chi connectivity index (χ2n) is 5.63. The zero-order valence-electron chi connectivity index (χ0n) is 13.2. The van der Waals surface area contributed by atoms with Gasteiger partial charge in [0.05, 0.1) is 20.4 Å². The van der Waals surface area contributed by atoms with Crippen LogP contribution in [-0.4, -0.2) is 65.5 Å². The zero-order valence-corrected chi connectivity index (χ0v) is 14.8. The van der Waals surface area contributed by atoms with Crippen molar-refractivity contribution < 1.29 is 34.2 Å². The van der Waals surface area contributed by atoms with Crippen molar-refractivity contribution in [1.29, 1.82) is 0 Å². The SMILES string of the molecule is COS(=O)(=O)[O-].C[N+]1(Cc2ccccc2)CC(OS(C)(=O)=O)C1. The van der Waals surface area contributed by atoms with E-state index >= 15 is 0 Å². The third-order valence-electron chi connectivity index (χ3n) is 3.21. The number of likely N-dealkylation sites (tertiary alicyclic amines) is 1. The minimum absolute atomic E-state index is 0.154. The average molecular weight is 367 g/mol. The number of likely N-dealkylation sites (N-methyl/N-ethyl adjacent to an activating group) is 1. The summed E-state index contributed by atoms with van der Waals surface area (Å²) in [6.45, 7) is 2.42. The summed E-state index contributed by atoms with van der Waals surface area (Å²) in [5.74, 6) is 0. The van der Waals surface area contributed by atoms with Gasteiger partial charge in [-0.1, -0.05) is 30.3 Å². The number of rotatable bonds is 5. The molecule has 0 N–H and O–H groups in total. The highest BCUT2D eigenvalue weighted by molar-refractivity contribution is 7.86. The van der Waals surface area contributed by atoms with E-state index in [1.54, 1.807) is 0 Å². The number of hydrogen-bond donors (Lipinski definition) is 0. The van der Waals surface area contributed by atoms with Gasteiger partial charge in [0, 0.05) is 5.56 Å². The van der Waals surface area contributed by atoms with Gasteiger partial charge in [-0.2, -0.15) is 8.42 Å². The lowest BCUT2D eigenvalue weighted by molar-refractivity contribution is -0.966. The number of nitrogens with zero attached hydrogens (tertiary/aromatic N) is 1. The Balaban J connectivity index is 0.000000379. The van der Waals surface area contributed by atoms with Crippen LogP contribution in [0.25, 0.3) is 0 Å². The van der Waals surface area contributed by atoms with Crippen molar-refractivity contribution >= 4 is 20.5 Å². The van der Waals surface area contributed by atoms with Crippen molar-refractivity contribution in [3.63, 3.8) is 0 Å². The summed E-state index contributed by atoms with van der Waals surface area (Å²) in [4.78, 5) is 0. The maximum atomic E-state index is 11.0. The minimum atomic E-state index is -4.41. The molecule has 1 fully saturated rings. The summed E-state index contributed by atoms with van der Waals surface area (Å²) in [5, 5.41) is 0. The van der Waals surface area contributed by atoms with E-state index in [-0.39, 0.29) is 6.10 Å². The maximum absolute atomic E-state index is 11.0. The quantitative estimate of drug-likeness (QED) is 0.314. The molecular formula is C13H21NO7S2. The van der Waals surface area contributed by atoms with Crippen molar-refractivity contribution in [3.05, 3.63) is 35.9 Å². The molecule has 0 bridgehead atoms. The Kier molecular flexibility index (Phi) is 6.69. The predicted molar refractivity (Wildman–Crippen MR) is 82.5 cm³/mol. The van der Waals surface area contributed by atoms with Crippen LogP contribution in [0, 0.1) is 0 Å². The van der Waals surface area contributed by atoms with Crippen LogP contribution in [-0.2, 0) is 35.4 Å².